The maximum atomic E-state index is 12.2. The highest BCUT2D eigenvalue weighted by Crippen LogP contribution is 2.10. The number of hydrogen-bond acceptors (Lipinski definition) is 4. The fourth-order valence-corrected chi connectivity index (χ4v) is 3.08. The van der Waals surface area contributed by atoms with Crippen molar-refractivity contribution >= 4 is 16.1 Å². The van der Waals surface area contributed by atoms with Crippen LogP contribution >= 0.6 is 0 Å². The zero-order chi connectivity index (χ0) is 16.9. The van der Waals surface area contributed by atoms with Gasteiger partial charge in [-0.05, 0) is 17.5 Å². The minimum absolute atomic E-state index is 0.104. The number of carbonyl (C=O) groups excluding carboxylic acids is 1. The van der Waals surface area contributed by atoms with Crippen LogP contribution in [0.2, 0.25) is 0 Å². The standard InChI is InChI=1S/C15H23N3O4S/c1-2-14-10-18(7-8-22-14)15(19)17-9-12-3-5-13(6-4-12)11-23(16,20)21/h3-6,14H,2,7-11H2,1H3,(H,17,19)(H2,16,20,21). The number of nitrogens with one attached hydrogen (secondary N) is 1. The smallest absolute Gasteiger partial charge is 0.317 e. The highest BCUT2D eigenvalue weighted by atomic mass is 32.2. The van der Waals surface area contributed by atoms with Gasteiger partial charge in [-0.2, -0.15) is 0 Å². The molecule has 7 nitrogen and oxygen atoms in total. The number of rotatable bonds is 5. The summed E-state index contributed by atoms with van der Waals surface area (Å²) in [6, 6.07) is 6.87. The molecule has 1 aliphatic rings. The predicted molar refractivity (Wildman–Crippen MR) is 87.1 cm³/mol. The summed E-state index contributed by atoms with van der Waals surface area (Å²) in [6.07, 6.45) is 0.988. The zero-order valence-corrected chi connectivity index (χ0v) is 14.0. The Hall–Kier alpha value is -1.64. The Morgan fingerprint density at radius 1 is 1.35 bits per heavy atom. The van der Waals surface area contributed by atoms with Gasteiger partial charge in [-0.25, -0.2) is 18.4 Å². The quantitative estimate of drug-likeness (QED) is 0.827. The number of benzene rings is 1. The van der Waals surface area contributed by atoms with Gasteiger partial charge in [0.2, 0.25) is 10.0 Å². The van der Waals surface area contributed by atoms with Gasteiger partial charge in [-0.3, -0.25) is 0 Å². The number of nitrogens with zero attached hydrogens (tertiary/aromatic N) is 1. The van der Waals surface area contributed by atoms with Crippen molar-refractivity contribution in [3.63, 3.8) is 0 Å². The third-order valence-corrected chi connectivity index (χ3v) is 4.45. The molecule has 3 N–H and O–H groups in total. The van der Waals surface area contributed by atoms with Crippen molar-refractivity contribution in [1.82, 2.24) is 10.2 Å². The molecule has 1 aromatic carbocycles. The zero-order valence-electron chi connectivity index (χ0n) is 13.2. The van der Waals surface area contributed by atoms with Gasteiger partial charge in [0.05, 0.1) is 18.5 Å². The normalized spacial score (nSPS) is 18.7. The van der Waals surface area contributed by atoms with E-state index in [0.29, 0.717) is 31.8 Å². The van der Waals surface area contributed by atoms with Gasteiger partial charge < -0.3 is 15.0 Å². The number of amides is 2. The van der Waals surface area contributed by atoms with Crippen LogP contribution in [0.3, 0.4) is 0 Å². The first-order valence-electron chi connectivity index (χ1n) is 7.60. The minimum Gasteiger partial charge on any atom is -0.375 e. The number of morpholine rings is 1. The van der Waals surface area contributed by atoms with Crippen molar-refractivity contribution < 1.29 is 17.9 Å². The molecule has 0 bridgehead atoms. The topological polar surface area (TPSA) is 102 Å². The van der Waals surface area contributed by atoms with E-state index in [0.717, 1.165) is 12.0 Å². The van der Waals surface area contributed by atoms with Crippen molar-refractivity contribution in [3.8, 4) is 0 Å². The number of urea groups is 1. The summed E-state index contributed by atoms with van der Waals surface area (Å²) in [5, 5.41) is 7.88. The highest BCUT2D eigenvalue weighted by Gasteiger charge is 2.22. The second kappa shape index (κ2) is 7.76. The number of carbonyl (C=O) groups is 1. The molecule has 0 radical (unpaired) electrons. The first-order chi connectivity index (χ1) is 10.9. The van der Waals surface area contributed by atoms with Gasteiger partial charge in [0, 0.05) is 19.6 Å². The molecule has 8 heteroatoms. The van der Waals surface area contributed by atoms with E-state index in [1.165, 1.54) is 0 Å². The molecule has 1 saturated heterocycles. The fourth-order valence-electron chi connectivity index (χ4n) is 2.43. The highest BCUT2D eigenvalue weighted by molar-refractivity contribution is 7.88. The molecular weight excluding hydrogens is 318 g/mol. The van der Waals surface area contributed by atoms with Crippen molar-refractivity contribution in [2.24, 2.45) is 5.14 Å². The van der Waals surface area contributed by atoms with E-state index in [1.54, 1.807) is 29.2 Å². The lowest BCUT2D eigenvalue weighted by atomic mass is 10.1. The van der Waals surface area contributed by atoms with Crippen molar-refractivity contribution in [3.05, 3.63) is 35.4 Å². The minimum atomic E-state index is -3.53. The lowest BCUT2D eigenvalue weighted by Gasteiger charge is -2.32. The van der Waals surface area contributed by atoms with Crippen LogP contribution in [-0.2, 0) is 27.1 Å². The van der Waals surface area contributed by atoms with Crippen LogP contribution in [0.4, 0.5) is 4.79 Å². The summed E-state index contributed by atoms with van der Waals surface area (Å²) in [5.74, 6) is -0.189. The van der Waals surface area contributed by atoms with Gasteiger partial charge in [-0.15, -0.1) is 0 Å². The van der Waals surface area contributed by atoms with E-state index in [4.69, 9.17) is 9.88 Å². The van der Waals surface area contributed by atoms with E-state index >= 15 is 0 Å². The van der Waals surface area contributed by atoms with Gasteiger partial charge in [-0.1, -0.05) is 31.2 Å². The fraction of sp³-hybridized carbons (Fsp3) is 0.533. The maximum absolute atomic E-state index is 12.2. The van der Waals surface area contributed by atoms with Gasteiger partial charge in [0.1, 0.15) is 0 Å². The first-order valence-corrected chi connectivity index (χ1v) is 9.31. The lowest BCUT2D eigenvalue weighted by molar-refractivity contribution is -0.0154. The molecule has 1 fully saturated rings. The number of ether oxygens (including phenoxy) is 1. The Kier molecular flexibility index (Phi) is 5.97. The second-order valence-electron chi connectivity index (χ2n) is 5.63. The monoisotopic (exact) mass is 341 g/mol. The SMILES string of the molecule is CCC1CN(C(=O)NCc2ccc(CS(N)(=O)=O)cc2)CCO1. The first kappa shape index (κ1) is 17.7. The summed E-state index contributed by atoms with van der Waals surface area (Å²) in [7, 11) is -3.53. The Labute approximate surface area is 136 Å². The van der Waals surface area contributed by atoms with Gasteiger partial charge >= 0.3 is 6.03 Å². The number of nitrogens with two attached hydrogens (primary N) is 1. The van der Waals surface area contributed by atoms with Crippen molar-refractivity contribution in [2.75, 3.05) is 19.7 Å². The third kappa shape index (κ3) is 5.81. The maximum Gasteiger partial charge on any atom is 0.317 e. The molecule has 0 aliphatic carbocycles. The Morgan fingerprint density at radius 2 is 2.00 bits per heavy atom. The molecule has 1 heterocycles. The third-order valence-electron chi connectivity index (χ3n) is 3.72. The second-order valence-corrected chi connectivity index (χ2v) is 7.24. The van der Waals surface area contributed by atoms with Crippen LogP contribution in [0.25, 0.3) is 0 Å². The van der Waals surface area contributed by atoms with Crippen molar-refractivity contribution in [2.45, 2.75) is 31.7 Å². The van der Waals surface area contributed by atoms with Crippen LogP contribution in [0.1, 0.15) is 24.5 Å². The van der Waals surface area contributed by atoms with Gasteiger partial charge in [0.25, 0.3) is 0 Å². The summed E-state index contributed by atoms with van der Waals surface area (Å²) in [4.78, 5) is 13.9. The summed E-state index contributed by atoms with van der Waals surface area (Å²) in [6.45, 7) is 4.19. The average molecular weight is 341 g/mol. The average Bonchev–Trinajstić information content (AvgIpc) is 2.52. The molecule has 2 amide bonds. The van der Waals surface area contributed by atoms with Crippen LogP contribution in [0.15, 0.2) is 24.3 Å². The van der Waals surface area contributed by atoms with Crippen LogP contribution < -0.4 is 10.5 Å². The summed E-state index contributed by atoms with van der Waals surface area (Å²) in [5.41, 5.74) is 1.53. The van der Waals surface area contributed by atoms with Crippen LogP contribution in [-0.4, -0.2) is 45.1 Å². The Bertz CT molecular complexity index is 631. The van der Waals surface area contributed by atoms with Gasteiger partial charge in [0.15, 0.2) is 0 Å². The molecule has 1 unspecified atom stereocenters. The van der Waals surface area contributed by atoms with E-state index in [2.05, 4.69) is 5.32 Å². The Morgan fingerprint density at radius 3 is 2.61 bits per heavy atom. The molecule has 0 saturated carbocycles. The largest absolute Gasteiger partial charge is 0.375 e. The lowest BCUT2D eigenvalue weighted by Crippen LogP contribution is -2.49. The summed E-state index contributed by atoms with van der Waals surface area (Å²) >= 11 is 0. The number of hydrogen-bond donors (Lipinski definition) is 2. The molecule has 128 valence electrons. The molecular formula is C15H23N3O4S. The molecule has 0 spiro atoms. The van der Waals surface area contributed by atoms with E-state index in [1.807, 2.05) is 6.92 Å². The van der Waals surface area contributed by atoms with E-state index in [9.17, 15) is 13.2 Å². The number of sulfonamides is 1. The van der Waals surface area contributed by atoms with Crippen LogP contribution in [0, 0.1) is 0 Å². The number of primary sulfonamides is 1. The molecule has 1 aromatic rings. The Balaban J connectivity index is 1.84. The molecule has 0 aromatic heterocycles. The summed E-state index contributed by atoms with van der Waals surface area (Å²) < 4.78 is 27.6. The predicted octanol–water partition coefficient (Wildman–Crippen LogP) is 0.796. The molecule has 1 atom stereocenters. The molecule has 1 aliphatic heterocycles. The van der Waals surface area contributed by atoms with Crippen LogP contribution in [0.5, 0.6) is 0 Å². The van der Waals surface area contributed by atoms with E-state index in [-0.39, 0.29) is 17.9 Å². The molecule has 23 heavy (non-hydrogen) atoms. The molecule has 2 rings (SSSR count). The van der Waals surface area contributed by atoms with E-state index < -0.39 is 10.0 Å². The van der Waals surface area contributed by atoms with Crippen molar-refractivity contribution in [1.29, 1.82) is 0 Å².